The van der Waals surface area contributed by atoms with Crippen molar-refractivity contribution in [3.8, 4) is 0 Å². The van der Waals surface area contributed by atoms with Crippen molar-refractivity contribution in [1.29, 1.82) is 0 Å². The number of aliphatic hydroxyl groups is 3. The van der Waals surface area contributed by atoms with Crippen LogP contribution in [0.25, 0.3) is 0 Å². The minimum absolute atomic E-state index is 0.0119. The molecule has 0 saturated heterocycles. The molecular weight excluding hydrogens is 276 g/mol. The van der Waals surface area contributed by atoms with Crippen molar-refractivity contribution in [1.82, 2.24) is 0 Å². The van der Waals surface area contributed by atoms with Crippen LogP contribution >= 0.6 is 0 Å². The van der Waals surface area contributed by atoms with E-state index in [1.54, 1.807) is 0 Å². The molecule has 22 heavy (non-hydrogen) atoms. The molecule has 0 spiro atoms. The van der Waals surface area contributed by atoms with Gasteiger partial charge in [-0.25, -0.2) is 0 Å². The molecule has 8 atom stereocenters. The summed E-state index contributed by atoms with van der Waals surface area (Å²) >= 11 is 0. The molecule has 3 saturated carbocycles. The van der Waals surface area contributed by atoms with Gasteiger partial charge in [0.25, 0.3) is 0 Å². The summed E-state index contributed by atoms with van der Waals surface area (Å²) in [4.78, 5) is 0. The summed E-state index contributed by atoms with van der Waals surface area (Å²) in [6.07, 6.45) is 8.25. The molecule has 0 bridgehead atoms. The van der Waals surface area contributed by atoms with Crippen LogP contribution in [0.2, 0.25) is 0 Å². The average Bonchev–Trinajstić information content (AvgIpc) is 2.77. The van der Waals surface area contributed by atoms with E-state index in [0.29, 0.717) is 29.4 Å². The smallest absolute Gasteiger partial charge is 0.0886 e. The second-order valence-corrected chi connectivity index (χ2v) is 9.04. The van der Waals surface area contributed by atoms with Gasteiger partial charge in [-0.3, -0.25) is 0 Å². The summed E-state index contributed by atoms with van der Waals surface area (Å²) in [5.41, 5.74) is 0.225. The monoisotopic (exact) mass is 306 g/mol. The number of aliphatic hydroxyl groups excluding tert-OH is 3. The molecule has 4 aliphatic carbocycles. The molecule has 0 heterocycles. The average molecular weight is 306 g/mol. The molecule has 4 aliphatic rings. The zero-order chi connectivity index (χ0) is 15.7. The predicted octanol–water partition coefficient (Wildman–Crippen LogP) is 3.41. The van der Waals surface area contributed by atoms with Crippen LogP contribution in [-0.2, 0) is 0 Å². The fraction of sp³-hybridized carbons (Fsp3) is 0.895. The van der Waals surface area contributed by atoms with E-state index in [9.17, 15) is 15.3 Å². The van der Waals surface area contributed by atoms with E-state index in [2.05, 4.69) is 13.8 Å². The Labute approximate surface area is 133 Å². The van der Waals surface area contributed by atoms with Crippen molar-refractivity contribution in [3.05, 3.63) is 11.8 Å². The van der Waals surface area contributed by atoms with Crippen molar-refractivity contribution >= 4 is 0 Å². The fourth-order valence-electron chi connectivity index (χ4n) is 6.80. The zero-order valence-electron chi connectivity index (χ0n) is 13.8. The molecule has 4 rings (SSSR count). The van der Waals surface area contributed by atoms with Crippen molar-refractivity contribution < 1.29 is 15.3 Å². The molecule has 0 amide bonds. The summed E-state index contributed by atoms with van der Waals surface area (Å²) in [5.74, 6) is 2.27. The molecule has 0 aromatic heterocycles. The Kier molecular flexibility index (Phi) is 3.23. The first-order valence-electron chi connectivity index (χ1n) is 9.10. The maximum atomic E-state index is 10.9. The molecule has 3 fully saturated rings. The van der Waals surface area contributed by atoms with Gasteiger partial charge in [0, 0.05) is 6.42 Å². The van der Waals surface area contributed by atoms with Gasteiger partial charge in [-0.15, -0.1) is 0 Å². The molecule has 0 aromatic carbocycles. The van der Waals surface area contributed by atoms with Crippen molar-refractivity contribution in [2.75, 3.05) is 0 Å². The number of allylic oxidation sites excluding steroid dienone is 2. The second kappa shape index (κ2) is 4.73. The lowest BCUT2D eigenvalue weighted by Crippen LogP contribution is -2.57. The SMILES string of the molecule is C[C@]12CC[C@H]3[C@@H]([C@@H](O)CC4CC(O)=CC[C@@]43C)[C@@H]1CC[C@@H]2O. The fourth-order valence-corrected chi connectivity index (χ4v) is 6.80. The van der Waals surface area contributed by atoms with Gasteiger partial charge in [-0.1, -0.05) is 13.8 Å². The van der Waals surface area contributed by atoms with Gasteiger partial charge in [-0.2, -0.15) is 0 Å². The Morgan fingerprint density at radius 2 is 1.77 bits per heavy atom. The molecule has 124 valence electrons. The van der Waals surface area contributed by atoms with Gasteiger partial charge in [0.15, 0.2) is 0 Å². The summed E-state index contributed by atoms with van der Waals surface area (Å²) in [6, 6.07) is 0. The number of fused-ring (bicyclic) bond motifs is 5. The summed E-state index contributed by atoms with van der Waals surface area (Å²) in [6.45, 7) is 4.64. The maximum Gasteiger partial charge on any atom is 0.0886 e. The van der Waals surface area contributed by atoms with E-state index in [1.807, 2.05) is 6.08 Å². The van der Waals surface area contributed by atoms with E-state index in [1.165, 1.54) is 0 Å². The highest BCUT2D eigenvalue weighted by atomic mass is 16.3. The third kappa shape index (κ3) is 1.81. The molecule has 3 N–H and O–H groups in total. The lowest BCUT2D eigenvalue weighted by Gasteiger charge is -2.60. The Bertz CT molecular complexity index is 501. The van der Waals surface area contributed by atoms with E-state index >= 15 is 0 Å². The van der Waals surface area contributed by atoms with Gasteiger partial charge >= 0.3 is 0 Å². The minimum atomic E-state index is -0.260. The van der Waals surface area contributed by atoms with E-state index < -0.39 is 0 Å². The van der Waals surface area contributed by atoms with Gasteiger partial charge < -0.3 is 15.3 Å². The minimum Gasteiger partial charge on any atom is -0.513 e. The third-order valence-electron chi connectivity index (χ3n) is 8.27. The Morgan fingerprint density at radius 1 is 1.05 bits per heavy atom. The third-order valence-corrected chi connectivity index (χ3v) is 8.27. The first kappa shape index (κ1) is 15.0. The zero-order valence-corrected chi connectivity index (χ0v) is 13.8. The molecular formula is C19H30O3. The maximum absolute atomic E-state index is 10.9. The second-order valence-electron chi connectivity index (χ2n) is 9.04. The standard InChI is InChI=1S/C19H30O3/c1-18-7-5-12(20)9-11(18)10-15(21)17-13-3-4-16(22)19(13,2)8-6-14(17)18/h5,11,13-17,20-22H,3-4,6-10H2,1-2H3/t11?,13-,14-,15-,16-,17-,18-,19-/m0/s1. The summed E-state index contributed by atoms with van der Waals surface area (Å²) in [5, 5.41) is 31.3. The van der Waals surface area contributed by atoms with Crippen LogP contribution in [0.15, 0.2) is 11.8 Å². The van der Waals surface area contributed by atoms with Crippen LogP contribution < -0.4 is 0 Å². The Hall–Kier alpha value is -0.540. The van der Waals surface area contributed by atoms with Crippen LogP contribution in [0.3, 0.4) is 0 Å². The highest BCUT2D eigenvalue weighted by Gasteiger charge is 2.61. The van der Waals surface area contributed by atoms with Crippen molar-refractivity contribution in [2.24, 2.45) is 34.5 Å². The van der Waals surface area contributed by atoms with Crippen LogP contribution in [0.1, 0.15) is 58.8 Å². The van der Waals surface area contributed by atoms with Crippen LogP contribution in [0.4, 0.5) is 0 Å². The molecule has 3 heteroatoms. The molecule has 0 aliphatic heterocycles. The molecule has 3 nitrogen and oxygen atoms in total. The Morgan fingerprint density at radius 3 is 2.55 bits per heavy atom. The van der Waals surface area contributed by atoms with Crippen LogP contribution in [0.5, 0.6) is 0 Å². The first-order chi connectivity index (χ1) is 10.4. The molecule has 0 aromatic rings. The highest BCUT2D eigenvalue weighted by Crippen LogP contribution is 2.65. The first-order valence-corrected chi connectivity index (χ1v) is 9.10. The lowest BCUT2D eigenvalue weighted by molar-refractivity contribution is -0.160. The van der Waals surface area contributed by atoms with Gasteiger partial charge in [-0.05, 0) is 79.1 Å². The normalized spacial score (nSPS) is 57.5. The van der Waals surface area contributed by atoms with Crippen LogP contribution in [0, 0.1) is 34.5 Å². The van der Waals surface area contributed by atoms with E-state index in [0.717, 1.165) is 44.9 Å². The van der Waals surface area contributed by atoms with Crippen molar-refractivity contribution in [3.63, 3.8) is 0 Å². The van der Waals surface area contributed by atoms with E-state index in [4.69, 9.17) is 0 Å². The highest BCUT2D eigenvalue weighted by molar-refractivity contribution is 5.15. The molecule has 1 unspecified atom stereocenters. The number of hydrogen-bond donors (Lipinski definition) is 3. The largest absolute Gasteiger partial charge is 0.513 e. The summed E-state index contributed by atoms with van der Waals surface area (Å²) in [7, 11) is 0. The number of rotatable bonds is 0. The lowest BCUT2D eigenvalue weighted by atomic mass is 9.45. The van der Waals surface area contributed by atoms with Gasteiger partial charge in [0.05, 0.1) is 18.0 Å². The van der Waals surface area contributed by atoms with Gasteiger partial charge in [0.1, 0.15) is 0 Å². The molecule has 0 radical (unpaired) electrons. The number of hydrogen-bond acceptors (Lipinski definition) is 3. The van der Waals surface area contributed by atoms with Crippen LogP contribution in [-0.4, -0.2) is 27.5 Å². The van der Waals surface area contributed by atoms with E-state index in [-0.39, 0.29) is 23.0 Å². The van der Waals surface area contributed by atoms with Gasteiger partial charge in [0.2, 0.25) is 0 Å². The Balaban J connectivity index is 1.70. The quantitative estimate of drug-likeness (QED) is 0.643. The predicted molar refractivity (Wildman–Crippen MR) is 85.2 cm³/mol. The summed E-state index contributed by atoms with van der Waals surface area (Å²) < 4.78 is 0. The van der Waals surface area contributed by atoms with Crippen molar-refractivity contribution in [2.45, 2.75) is 71.0 Å². The topological polar surface area (TPSA) is 60.7 Å².